The zero-order valence-electron chi connectivity index (χ0n) is 11.1. The van der Waals surface area contributed by atoms with Gasteiger partial charge in [0, 0.05) is 12.6 Å². The quantitative estimate of drug-likeness (QED) is 0.745. The Morgan fingerprint density at radius 1 is 1.60 bits per heavy atom. The van der Waals surface area contributed by atoms with E-state index in [2.05, 4.69) is 27.1 Å². The highest BCUT2D eigenvalue weighted by molar-refractivity contribution is 7.14. The van der Waals surface area contributed by atoms with Crippen molar-refractivity contribution < 1.29 is 9.90 Å². The second kappa shape index (κ2) is 6.89. The molecule has 2 rings (SSSR count). The number of nitrogens with one attached hydrogen (secondary N) is 2. The monoisotopic (exact) mass is 289 g/mol. The molecule has 0 atom stereocenters. The molecule has 0 aliphatic heterocycles. The summed E-state index contributed by atoms with van der Waals surface area (Å²) < 4.78 is 0. The number of carbonyl (C=O) groups excluding carboxylic acids is 1. The standard InChI is InChI=1S/C14H15N3O2S/c1-10-6-13(20-12(10)4-2-3-5-18)14(19)16-8-11-7-15-9-17-11/h6-7,9,18H,3,5,8H2,1H3,(H,15,17)(H,16,19). The molecule has 0 aromatic carbocycles. The van der Waals surface area contributed by atoms with Crippen molar-refractivity contribution in [3.05, 3.63) is 39.6 Å². The Morgan fingerprint density at radius 3 is 3.15 bits per heavy atom. The van der Waals surface area contributed by atoms with Gasteiger partial charge in [0.1, 0.15) is 0 Å². The van der Waals surface area contributed by atoms with E-state index >= 15 is 0 Å². The SMILES string of the molecule is Cc1cc(C(=O)NCc2cnc[nH]2)sc1C#CCCO. The number of aromatic nitrogens is 2. The summed E-state index contributed by atoms with van der Waals surface area (Å²) in [6.45, 7) is 2.39. The molecule has 0 radical (unpaired) electrons. The largest absolute Gasteiger partial charge is 0.395 e. The summed E-state index contributed by atoms with van der Waals surface area (Å²) in [7, 11) is 0. The lowest BCUT2D eigenvalue weighted by atomic mass is 10.2. The molecule has 104 valence electrons. The third-order valence-corrected chi connectivity index (χ3v) is 3.73. The van der Waals surface area contributed by atoms with Crippen molar-refractivity contribution in [2.75, 3.05) is 6.61 Å². The van der Waals surface area contributed by atoms with Crippen LogP contribution in [-0.2, 0) is 6.54 Å². The first kappa shape index (κ1) is 14.3. The first-order valence-corrected chi connectivity index (χ1v) is 6.98. The van der Waals surface area contributed by atoms with Crippen LogP contribution in [0.4, 0.5) is 0 Å². The molecule has 0 unspecified atom stereocenters. The van der Waals surface area contributed by atoms with Gasteiger partial charge in [-0.3, -0.25) is 4.79 Å². The normalized spacial score (nSPS) is 9.90. The van der Waals surface area contributed by atoms with Gasteiger partial charge in [0.2, 0.25) is 0 Å². The number of imidazole rings is 1. The lowest BCUT2D eigenvalue weighted by molar-refractivity contribution is 0.0954. The van der Waals surface area contributed by atoms with Gasteiger partial charge in [0.25, 0.3) is 5.91 Å². The Labute approximate surface area is 121 Å². The molecule has 2 aromatic rings. The first-order valence-electron chi connectivity index (χ1n) is 6.16. The Bertz CT molecular complexity index is 635. The molecule has 0 aliphatic carbocycles. The van der Waals surface area contributed by atoms with Crippen molar-refractivity contribution >= 4 is 17.2 Å². The van der Waals surface area contributed by atoms with Crippen LogP contribution in [0.25, 0.3) is 0 Å². The van der Waals surface area contributed by atoms with E-state index in [1.807, 2.05) is 13.0 Å². The van der Waals surface area contributed by atoms with E-state index in [0.29, 0.717) is 17.8 Å². The molecule has 0 spiro atoms. The Morgan fingerprint density at radius 2 is 2.45 bits per heavy atom. The molecule has 0 aliphatic rings. The van der Waals surface area contributed by atoms with Crippen molar-refractivity contribution in [3.8, 4) is 11.8 Å². The molecule has 6 heteroatoms. The molecule has 2 heterocycles. The van der Waals surface area contributed by atoms with E-state index in [0.717, 1.165) is 16.1 Å². The number of H-pyrrole nitrogens is 1. The molecule has 0 fully saturated rings. The van der Waals surface area contributed by atoms with E-state index < -0.39 is 0 Å². The number of rotatable bonds is 4. The summed E-state index contributed by atoms with van der Waals surface area (Å²) in [5, 5.41) is 11.5. The van der Waals surface area contributed by atoms with Crippen LogP contribution in [0.5, 0.6) is 0 Å². The number of thiophene rings is 1. The number of nitrogens with zero attached hydrogens (tertiary/aromatic N) is 1. The van der Waals surface area contributed by atoms with Crippen LogP contribution in [0.15, 0.2) is 18.6 Å². The molecule has 0 bridgehead atoms. The Hall–Kier alpha value is -2.10. The van der Waals surface area contributed by atoms with Gasteiger partial charge in [0.15, 0.2) is 0 Å². The number of hydrogen-bond donors (Lipinski definition) is 3. The van der Waals surface area contributed by atoms with Gasteiger partial charge in [-0.15, -0.1) is 11.3 Å². The number of amides is 1. The summed E-state index contributed by atoms with van der Waals surface area (Å²) >= 11 is 1.36. The van der Waals surface area contributed by atoms with Crippen molar-refractivity contribution in [2.24, 2.45) is 0 Å². The fourth-order valence-corrected chi connectivity index (χ4v) is 2.52. The van der Waals surface area contributed by atoms with E-state index in [1.54, 1.807) is 12.5 Å². The van der Waals surface area contributed by atoms with Gasteiger partial charge in [-0.05, 0) is 18.6 Å². The Kier molecular flexibility index (Phi) is 4.93. The molecule has 3 N–H and O–H groups in total. The van der Waals surface area contributed by atoms with Crippen LogP contribution in [-0.4, -0.2) is 27.6 Å². The lowest BCUT2D eigenvalue weighted by Gasteiger charge is -2.00. The minimum Gasteiger partial charge on any atom is -0.395 e. The maximum Gasteiger partial charge on any atom is 0.261 e. The van der Waals surface area contributed by atoms with E-state index in [9.17, 15) is 4.79 Å². The number of hydrogen-bond acceptors (Lipinski definition) is 4. The van der Waals surface area contributed by atoms with Crippen molar-refractivity contribution in [1.29, 1.82) is 0 Å². The van der Waals surface area contributed by atoms with Crippen LogP contribution in [0, 0.1) is 18.8 Å². The number of aliphatic hydroxyl groups is 1. The number of aliphatic hydroxyl groups excluding tert-OH is 1. The molecule has 20 heavy (non-hydrogen) atoms. The van der Waals surface area contributed by atoms with Crippen LogP contribution in [0.2, 0.25) is 0 Å². The van der Waals surface area contributed by atoms with Crippen LogP contribution in [0.3, 0.4) is 0 Å². The van der Waals surface area contributed by atoms with Gasteiger partial charge < -0.3 is 15.4 Å². The number of carbonyl (C=O) groups is 1. The van der Waals surface area contributed by atoms with Gasteiger partial charge in [-0.2, -0.15) is 0 Å². The molecule has 5 nitrogen and oxygen atoms in total. The maximum absolute atomic E-state index is 12.0. The summed E-state index contributed by atoms with van der Waals surface area (Å²) in [6, 6.07) is 1.83. The molecule has 2 aromatic heterocycles. The fourth-order valence-electron chi connectivity index (χ4n) is 1.56. The summed E-state index contributed by atoms with van der Waals surface area (Å²) in [5.41, 5.74) is 1.83. The molecule has 0 saturated heterocycles. The van der Waals surface area contributed by atoms with Crippen molar-refractivity contribution in [2.45, 2.75) is 19.9 Å². The molecular weight excluding hydrogens is 274 g/mol. The van der Waals surface area contributed by atoms with Crippen molar-refractivity contribution in [1.82, 2.24) is 15.3 Å². The highest BCUT2D eigenvalue weighted by Crippen LogP contribution is 2.20. The third kappa shape index (κ3) is 3.70. The third-order valence-electron chi connectivity index (χ3n) is 2.57. The number of aromatic amines is 1. The summed E-state index contributed by atoms with van der Waals surface area (Å²) in [6.07, 6.45) is 3.69. The summed E-state index contributed by atoms with van der Waals surface area (Å²) in [4.78, 5) is 20.3. The topological polar surface area (TPSA) is 78.0 Å². The highest BCUT2D eigenvalue weighted by atomic mass is 32.1. The zero-order valence-corrected chi connectivity index (χ0v) is 11.9. The number of aryl methyl sites for hydroxylation is 1. The van der Waals surface area contributed by atoms with Crippen LogP contribution < -0.4 is 5.32 Å². The minimum atomic E-state index is -0.122. The second-order valence-corrected chi connectivity index (χ2v) is 5.21. The van der Waals surface area contributed by atoms with E-state index in [-0.39, 0.29) is 12.5 Å². The minimum absolute atomic E-state index is 0.0505. The van der Waals surface area contributed by atoms with Gasteiger partial charge >= 0.3 is 0 Å². The van der Waals surface area contributed by atoms with Gasteiger partial charge in [-0.1, -0.05) is 11.8 Å². The van der Waals surface area contributed by atoms with E-state index in [4.69, 9.17) is 5.11 Å². The first-order chi connectivity index (χ1) is 9.70. The van der Waals surface area contributed by atoms with Crippen LogP contribution >= 0.6 is 11.3 Å². The highest BCUT2D eigenvalue weighted by Gasteiger charge is 2.11. The fraction of sp³-hybridized carbons (Fsp3) is 0.286. The average Bonchev–Trinajstić information content (AvgIpc) is 3.07. The zero-order chi connectivity index (χ0) is 14.4. The lowest BCUT2D eigenvalue weighted by Crippen LogP contribution is -2.21. The van der Waals surface area contributed by atoms with Gasteiger partial charge in [-0.25, -0.2) is 4.98 Å². The van der Waals surface area contributed by atoms with Gasteiger partial charge in [0.05, 0.1) is 34.9 Å². The average molecular weight is 289 g/mol. The van der Waals surface area contributed by atoms with Crippen LogP contribution in [0.1, 0.15) is 32.2 Å². The van der Waals surface area contributed by atoms with E-state index in [1.165, 1.54) is 11.3 Å². The second-order valence-electron chi connectivity index (χ2n) is 4.16. The predicted molar refractivity (Wildman–Crippen MR) is 77.4 cm³/mol. The molecule has 1 amide bonds. The van der Waals surface area contributed by atoms with Crippen molar-refractivity contribution in [3.63, 3.8) is 0 Å². The summed E-state index contributed by atoms with van der Waals surface area (Å²) in [5.74, 6) is 5.71. The molecule has 0 saturated carbocycles. The maximum atomic E-state index is 12.0. The smallest absolute Gasteiger partial charge is 0.261 e. The molecular formula is C14H15N3O2S. The predicted octanol–water partition coefficient (Wildman–Crippen LogP) is 1.44. The Balaban J connectivity index is 2.00.